The van der Waals surface area contributed by atoms with E-state index in [2.05, 4.69) is 0 Å². The topological polar surface area (TPSA) is 79.7 Å². The van der Waals surface area contributed by atoms with E-state index in [1.54, 1.807) is 21.3 Å². The number of benzene rings is 1. The molecule has 0 saturated heterocycles. The maximum Gasteiger partial charge on any atom is 0.205 e. The highest BCUT2D eigenvalue weighted by molar-refractivity contribution is 5.73. The number of nitrogen functional groups attached to an aromatic ring is 1. The van der Waals surface area contributed by atoms with Crippen molar-refractivity contribution in [2.24, 2.45) is 5.73 Å². The maximum absolute atomic E-state index is 6.33. The largest absolute Gasteiger partial charge is 0.492 e. The molecule has 0 bridgehead atoms. The van der Waals surface area contributed by atoms with Gasteiger partial charge in [-0.1, -0.05) is 38.5 Å². The van der Waals surface area contributed by atoms with E-state index < -0.39 is 0 Å². The molecule has 0 spiro atoms. The van der Waals surface area contributed by atoms with Gasteiger partial charge in [0.1, 0.15) is 0 Å². The lowest BCUT2D eigenvalue weighted by molar-refractivity contribution is 0.323. The summed E-state index contributed by atoms with van der Waals surface area (Å²) in [5.41, 5.74) is 14.7. The molecule has 0 heterocycles. The predicted octanol–water partition coefficient (Wildman–Crippen LogP) is 4.23. The smallest absolute Gasteiger partial charge is 0.205 e. The zero-order chi connectivity index (χ0) is 18.7. The molecule has 1 aromatic carbocycles. The van der Waals surface area contributed by atoms with E-state index in [0.29, 0.717) is 22.9 Å². The lowest BCUT2D eigenvalue weighted by Crippen LogP contribution is -2.06. The predicted molar refractivity (Wildman–Crippen MR) is 105 cm³/mol. The molecule has 144 valence electrons. The fourth-order valence-corrected chi connectivity index (χ4v) is 3.33. The van der Waals surface area contributed by atoms with Gasteiger partial charge >= 0.3 is 0 Å². The highest BCUT2D eigenvalue weighted by Gasteiger charge is 2.22. The molecule has 0 unspecified atom stereocenters. The molecule has 0 saturated carbocycles. The molecule has 4 N–H and O–H groups in total. The molecule has 0 aromatic heterocycles. The number of anilines is 1. The Morgan fingerprint density at radius 3 is 1.64 bits per heavy atom. The second-order valence-electron chi connectivity index (χ2n) is 6.48. The number of unbranched alkanes of at least 4 members (excludes halogenated alkanes) is 7. The summed E-state index contributed by atoms with van der Waals surface area (Å²) in [6, 6.07) is 0. The number of methoxy groups -OCH3 is 3. The van der Waals surface area contributed by atoms with Crippen molar-refractivity contribution in [2.75, 3.05) is 33.6 Å². The Morgan fingerprint density at radius 2 is 1.16 bits per heavy atom. The molecule has 0 radical (unpaired) electrons. The second kappa shape index (κ2) is 11.9. The summed E-state index contributed by atoms with van der Waals surface area (Å²) in [7, 11) is 4.86. The van der Waals surface area contributed by atoms with Crippen LogP contribution in [0.1, 0.15) is 62.5 Å². The molecule has 25 heavy (non-hydrogen) atoms. The lowest BCUT2D eigenvalue weighted by Gasteiger charge is -2.20. The Labute approximate surface area is 153 Å². The minimum atomic E-state index is 0.569. The van der Waals surface area contributed by atoms with Crippen molar-refractivity contribution >= 4 is 5.69 Å². The van der Waals surface area contributed by atoms with Crippen molar-refractivity contribution in [3.8, 4) is 17.2 Å². The summed E-state index contributed by atoms with van der Waals surface area (Å²) >= 11 is 0. The van der Waals surface area contributed by atoms with Crippen molar-refractivity contribution in [1.29, 1.82) is 0 Å². The van der Waals surface area contributed by atoms with Crippen LogP contribution in [0.4, 0.5) is 5.69 Å². The molecular weight excluding hydrogens is 316 g/mol. The first kappa shape index (κ1) is 21.4. The van der Waals surface area contributed by atoms with Gasteiger partial charge in [0.2, 0.25) is 5.75 Å². The molecular formula is C20H36N2O3. The monoisotopic (exact) mass is 352 g/mol. The Kier molecular flexibility index (Phi) is 10.2. The third-order valence-corrected chi connectivity index (χ3v) is 4.77. The van der Waals surface area contributed by atoms with Crippen LogP contribution in [-0.4, -0.2) is 27.9 Å². The van der Waals surface area contributed by atoms with Crippen LogP contribution in [0.25, 0.3) is 0 Å². The zero-order valence-corrected chi connectivity index (χ0v) is 16.5. The number of rotatable bonds is 13. The minimum Gasteiger partial charge on any atom is -0.492 e. The third-order valence-electron chi connectivity index (χ3n) is 4.77. The SMILES string of the molecule is COc1c(C)c(CCCCCCCCCCN)c(N)c(OC)c1OC. The summed E-state index contributed by atoms with van der Waals surface area (Å²) in [5.74, 6) is 1.85. The van der Waals surface area contributed by atoms with Crippen molar-refractivity contribution in [3.05, 3.63) is 11.1 Å². The number of hydrogen-bond donors (Lipinski definition) is 2. The van der Waals surface area contributed by atoms with E-state index in [-0.39, 0.29) is 0 Å². The van der Waals surface area contributed by atoms with Crippen LogP contribution in [0.3, 0.4) is 0 Å². The Bertz CT molecular complexity index is 487. The molecule has 0 fully saturated rings. The standard InChI is InChI=1S/C20H36N2O3/c1-15-16(13-11-9-7-5-6-8-10-12-14-21)17(22)19(24-3)20(25-4)18(15)23-2/h5-14,21-22H2,1-4H3. The fourth-order valence-electron chi connectivity index (χ4n) is 3.33. The van der Waals surface area contributed by atoms with Gasteiger partial charge in [-0.25, -0.2) is 0 Å². The molecule has 1 rings (SSSR count). The molecule has 0 aliphatic carbocycles. The van der Waals surface area contributed by atoms with Gasteiger partial charge in [0.25, 0.3) is 0 Å². The van der Waals surface area contributed by atoms with Crippen molar-refractivity contribution < 1.29 is 14.2 Å². The lowest BCUT2D eigenvalue weighted by atomic mass is 9.97. The molecule has 1 aromatic rings. The van der Waals surface area contributed by atoms with Gasteiger partial charge in [0.05, 0.1) is 27.0 Å². The molecule has 5 nitrogen and oxygen atoms in total. The normalized spacial score (nSPS) is 10.8. The number of hydrogen-bond acceptors (Lipinski definition) is 5. The van der Waals surface area contributed by atoms with Crippen molar-refractivity contribution in [2.45, 2.75) is 64.7 Å². The summed E-state index contributed by atoms with van der Waals surface area (Å²) in [6.45, 7) is 2.85. The average molecular weight is 353 g/mol. The van der Waals surface area contributed by atoms with Crippen LogP contribution in [0.5, 0.6) is 17.2 Å². The van der Waals surface area contributed by atoms with Gasteiger partial charge in [0.15, 0.2) is 11.5 Å². The Morgan fingerprint density at radius 1 is 0.680 bits per heavy atom. The molecule has 0 amide bonds. The summed E-state index contributed by atoms with van der Waals surface area (Å²) < 4.78 is 16.4. The van der Waals surface area contributed by atoms with Crippen LogP contribution in [0, 0.1) is 6.92 Å². The van der Waals surface area contributed by atoms with Gasteiger partial charge in [-0.15, -0.1) is 0 Å². The Hall–Kier alpha value is -1.62. The van der Waals surface area contributed by atoms with Crippen LogP contribution >= 0.6 is 0 Å². The zero-order valence-electron chi connectivity index (χ0n) is 16.5. The average Bonchev–Trinajstić information content (AvgIpc) is 2.62. The molecule has 5 heteroatoms. The van der Waals surface area contributed by atoms with E-state index in [1.807, 2.05) is 6.92 Å². The van der Waals surface area contributed by atoms with E-state index in [1.165, 1.54) is 38.5 Å². The first-order chi connectivity index (χ1) is 12.1. The summed E-state index contributed by atoms with van der Waals surface area (Å²) in [6.07, 6.45) is 10.9. The van der Waals surface area contributed by atoms with Crippen molar-refractivity contribution in [1.82, 2.24) is 0 Å². The molecule has 0 aliphatic rings. The highest BCUT2D eigenvalue weighted by Crippen LogP contribution is 2.47. The third kappa shape index (κ3) is 5.99. The summed E-state index contributed by atoms with van der Waals surface area (Å²) in [4.78, 5) is 0. The van der Waals surface area contributed by atoms with Crippen LogP contribution < -0.4 is 25.7 Å². The fraction of sp³-hybridized carbons (Fsp3) is 0.700. The highest BCUT2D eigenvalue weighted by atomic mass is 16.5. The van der Waals surface area contributed by atoms with E-state index in [9.17, 15) is 0 Å². The van der Waals surface area contributed by atoms with E-state index in [4.69, 9.17) is 25.7 Å². The first-order valence-corrected chi connectivity index (χ1v) is 9.39. The van der Waals surface area contributed by atoms with Crippen LogP contribution in [0.15, 0.2) is 0 Å². The van der Waals surface area contributed by atoms with E-state index >= 15 is 0 Å². The summed E-state index contributed by atoms with van der Waals surface area (Å²) in [5, 5.41) is 0. The number of ether oxygens (including phenoxy) is 3. The van der Waals surface area contributed by atoms with Crippen LogP contribution in [-0.2, 0) is 6.42 Å². The molecule has 0 aliphatic heterocycles. The quantitative estimate of drug-likeness (QED) is 0.410. The van der Waals surface area contributed by atoms with E-state index in [0.717, 1.165) is 36.9 Å². The minimum absolute atomic E-state index is 0.569. The molecule has 0 atom stereocenters. The first-order valence-electron chi connectivity index (χ1n) is 9.39. The van der Waals surface area contributed by atoms with Gasteiger partial charge in [-0.05, 0) is 38.3 Å². The van der Waals surface area contributed by atoms with Gasteiger partial charge in [0, 0.05) is 5.56 Å². The van der Waals surface area contributed by atoms with Crippen molar-refractivity contribution in [3.63, 3.8) is 0 Å². The second-order valence-corrected chi connectivity index (χ2v) is 6.48. The van der Waals surface area contributed by atoms with Crippen LogP contribution in [0.2, 0.25) is 0 Å². The number of nitrogens with two attached hydrogens (primary N) is 2. The van der Waals surface area contributed by atoms with Gasteiger partial charge in [-0.2, -0.15) is 0 Å². The Balaban J connectivity index is 2.58. The van der Waals surface area contributed by atoms with Gasteiger partial charge < -0.3 is 25.7 Å². The van der Waals surface area contributed by atoms with Gasteiger partial charge in [-0.3, -0.25) is 0 Å². The maximum atomic E-state index is 6.33.